The Morgan fingerprint density at radius 1 is 0.558 bits per heavy atom. The van der Waals surface area contributed by atoms with Crippen molar-refractivity contribution in [2.45, 2.75) is 105 Å². The minimum atomic E-state index is -1.02. The largest absolute Gasteiger partial charge is 0.371 e. The molecule has 7 rings (SSSR count). The molecule has 0 aromatic heterocycles. The highest BCUT2D eigenvalue weighted by atomic mass is 19.1. The van der Waals surface area contributed by atoms with Crippen LogP contribution in [-0.4, -0.2) is 31.8 Å². The van der Waals surface area contributed by atoms with Gasteiger partial charge in [-0.05, 0) is 107 Å². The molecule has 4 heteroatoms. The first-order valence-electron chi connectivity index (χ1n) is 19.1. The fraction of sp³-hybridized carbons (Fsp3) is 0.417. The van der Waals surface area contributed by atoms with Crippen molar-refractivity contribution in [3.8, 4) is 11.1 Å². The first-order chi connectivity index (χ1) is 24.4. The SMILES string of the molecule is C.CC(C)c1ccc(-c2ccc(F)cc2)cc1.CC(C)c1ccc(N2CCC(C)(F)C2)cc1.CC(C)c1ccc(N2CCCCC2)c2ccccc12. The van der Waals surface area contributed by atoms with E-state index in [-0.39, 0.29) is 13.2 Å². The summed E-state index contributed by atoms with van der Waals surface area (Å²) in [6.45, 7) is 18.7. The number of hydrogen-bond donors (Lipinski definition) is 0. The number of piperidine rings is 1. The molecule has 0 saturated carbocycles. The summed E-state index contributed by atoms with van der Waals surface area (Å²) in [5, 5.41) is 2.86. The highest BCUT2D eigenvalue weighted by molar-refractivity contribution is 5.96. The summed E-state index contributed by atoms with van der Waals surface area (Å²) in [7, 11) is 0. The van der Waals surface area contributed by atoms with E-state index < -0.39 is 5.67 Å². The molecule has 52 heavy (non-hydrogen) atoms. The van der Waals surface area contributed by atoms with Crippen molar-refractivity contribution in [2.24, 2.45) is 0 Å². The van der Waals surface area contributed by atoms with E-state index in [1.165, 1.54) is 77.6 Å². The molecular weight excluding hydrogens is 643 g/mol. The minimum Gasteiger partial charge on any atom is -0.371 e. The molecule has 0 N–H and O–H groups in total. The Bertz CT molecular complexity index is 1800. The lowest BCUT2D eigenvalue weighted by Gasteiger charge is -2.30. The molecule has 2 aliphatic rings. The van der Waals surface area contributed by atoms with Crippen molar-refractivity contribution in [3.05, 3.63) is 132 Å². The van der Waals surface area contributed by atoms with Crippen molar-refractivity contribution < 1.29 is 8.78 Å². The Kier molecular flexibility index (Phi) is 14.5. The van der Waals surface area contributed by atoms with Gasteiger partial charge in [0.2, 0.25) is 0 Å². The Hall–Kier alpha value is -4.18. The van der Waals surface area contributed by atoms with Crippen LogP contribution in [0.1, 0.15) is 116 Å². The summed E-state index contributed by atoms with van der Waals surface area (Å²) in [6, 6.07) is 37.1. The molecule has 0 spiro atoms. The smallest absolute Gasteiger partial charge is 0.127 e. The molecule has 1 atom stereocenters. The lowest BCUT2D eigenvalue weighted by molar-refractivity contribution is 0.221. The van der Waals surface area contributed by atoms with Gasteiger partial charge < -0.3 is 9.80 Å². The van der Waals surface area contributed by atoms with E-state index in [0.29, 0.717) is 30.7 Å². The molecule has 5 aromatic carbocycles. The number of anilines is 2. The predicted octanol–water partition coefficient (Wildman–Crippen LogP) is 14.0. The monoisotopic (exact) mass is 704 g/mol. The average Bonchev–Trinajstić information content (AvgIpc) is 3.51. The zero-order chi connectivity index (χ0) is 36.5. The third-order valence-electron chi connectivity index (χ3n) is 10.4. The molecule has 0 amide bonds. The molecule has 2 fully saturated rings. The van der Waals surface area contributed by atoms with Gasteiger partial charge in [-0.15, -0.1) is 0 Å². The summed E-state index contributed by atoms with van der Waals surface area (Å²) < 4.78 is 26.5. The number of rotatable bonds is 6. The van der Waals surface area contributed by atoms with Crippen LogP contribution in [0.3, 0.4) is 0 Å². The molecule has 2 saturated heterocycles. The normalized spacial score (nSPS) is 17.1. The number of fused-ring (bicyclic) bond motifs is 1. The van der Waals surface area contributed by atoms with Gasteiger partial charge >= 0.3 is 0 Å². The summed E-state index contributed by atoms with van der Waals surface area (Å²) in [6.07, 6.45) is 4.69. The second kappa shape index (κ2) is 18.5. The summed E-state index contributed by atoms with van der Waals surface area (Å²) >= 11 is 0. The quantitative estimate of drug-likeness (QED) is 0.174. The minimum absolute atomic E-state index is 0. The van der Waals surface area contributed by atoms with Gasteiger partial charge in [0.05, 0.1) is 6.54 Å². The molecule has 2 heterocycles. The number of halogens is 2. The third kappa shape index (κ3) is 10.7. The van der Waals surface area contributed by atoms with Crippen molar-refractivity contribution in [2.75, 3.05) is 36.0 Å². The van der Waals surface area contributed by atoms with E-state index in [9.17, 15) is 8.78 Å². The molecule has 0 aliphatic carbocycles. The van der Waals surface area contributed by atoms with Gasteiger partial charge in [0.1, 0.15) is 11.5 Å². The van der Waals surface area contributed by atoms with E-state index in [1.807, 2.05) is 0 Å². The molecule has 5 aromatic rings. The highest BCUT2D eigenvalue weighted by Gasteiger charge is 2.33. The number of benzene rings is 5. The molecule has 1 unspecified atom stereocenters. The summed E-state index contributed by atoms with van der Waals surface area (Å²) in [5.74, 6) is 1.49. The predicted molar refractivity (Wildman–Crippen MR) is 224 cm³/mol. The fourth-order valence-corrected chi connectivity index (χ4v) is 7.14. The number of hydrogen-bond acceptors (Lipinski definition) is 2. The zero-order valence-electron chi connectivity index (χ0n) is 31.9. The van der Waals surface area contributed by atoms with Gasteiger partial charge in [-0.1, -0.05) is 128 Å². The molecular formula is C48H62F2N2. The number of alkyl halides is 1. The molecule has 0 bridgehead atoms. The molecule has 0 radical (unpaired) electrons. The zero-order valence-corrected chi connectivity index (χ0v) is 31.9. The Labute approximate surface area is 313 Å². The first kappa shape index (κ1) is 40.6. The molecule has 278 valence electrons. The van der Waals surface area contributed by atoms with E-state index in [4.69, 9.17) is 0 Å². The lowest BCUT2D eigenvalue weighted by atomic mass is 9.94. The van der Waals surface area contributed by atoms with Crippen LogP contribution >= 0.6 is 0 Å². The van der Waals surface area contributed by atoms with E-state index >= 15 is 0 Å². The van der Waals surface area contributed by atoms with E-state index in [1.54, 1.807) is 19.1 Å². The summed E-state index contributed by atoms with van der Waals surface area (Å²) in [5.41, 5.74) is 7.87. The van der Waals surface area contributed by atoms with Gasteiger partial charge in [-0.25, -0.2) is 8.78 Å². The Balaban J connectivity index is 0.000000174. The van der Waals surface area contributed by atoms with Gasteiger partial charge in [0, 0.05) is 42.8 Å². The molecule has 2 nitrogen and oxygen atoms in total. The highest BCUT2D eigenvalue weighted by Crippen LogP contribution is 2.34. The standard InChI is InChI=1S/C18H23N.C15H15F.C14H20FN.CH4/c1-14(2)15-10-11-18(19-12-6-3-7-13-19)17-9-5-4-8-16(15)17;1-11(2)12-3-5-13(6-4-12)14-7-9-15(16)10-8-14;1-11(2)12-4-6-13(7-5-12)16-9-8-14(3,15)10-16;/h4-5,8-11,14H,3,6-7,12-13H2,1-2H3;3-11H,1-2H3;4-7,11H,8-10H2,1-3H3;1H4. The van der Waals surface area contributed by atoms with Crippen LogP contribution in [0, 0.1) is 5.82 Å². The Morgan fingerprint density at radius 3 is 1.58 bits per heavy atom. The van der Waals surface area contributed by atoms with E-state index in [0.717, 1.165) is 23.4 Å². The van der Waals surface area contributed by atoms with Crippen LogP contribution in [0.4, 0.5) is 20.2 Å². The van der Waals surface area contributed by atoms with Crippen molar-refractivity contribution in [3.63, 3.8) is 0 Å². The maximum atomic E-state index is 13.7. The van der Waals surface area contributed by atoms with Crippen LogP contribution in [0.15, 0.2) is 109 Å². The number of nitrogens with zero attached hydrogens (tertiary/aromatic N) is 2. The van der Waals surface area contributed by atoms with Crippen LogP contribution in [0.25, 0.3) is 21.9 Å². The second-order valence-corrected chi connectivity index (χ2v) is 15.5. The first-order valence-corrected chi connectivity index (χ1v) is 19.1. The van der Waals surface area contributed by atoms with E-state index in [2.05, 4.69) is 136 Å². The molecule has 2 aliphatic heterocycles. The maximum Gasteiger partial charge on any atom is 0.127 e. The van der Waals surface area contributed by atoms with Crippen LogP contribution in [0.5, 0.6) is 0 Å². The fourth-order valence-electron chi connectivity index (χ4n) is 7.14. The lowest BCUT2D eigenvalue weighted by Crippen LogP contribution is -2.29. The van der Waals surface area contributed by atoms with Gasteiger partial charge in [-0.3, -0.25) is 0 Å². The topological polar surface area (TPSA) is 6.48 Å². The van der Waals surface area contributed by atoms with Crippen LogP contribution < -0.4 is 9.80 Å². The van der Waals surface area contributed by atoms with Crippen molar-refractivity contribution >= 4 is 22.1 Å². The van der Waals surface area contributed by atoms with Gasteiger partial charge in [0.25, 0.3) is 0 Å². The van der Waals surface area contributed by atoms with Crippen molar-refractivity contribution in [1.29, 1.82) is 0 Å². The van der Waals surface area contributed by atoms with Crippen molar-refractivity contribution in [1.82, 2.24) is 0 Å². The summed E-state index contributed by atoms with van der Waals surface area (Å²) in [4.78, 5) is 4.69. The van der Waals surface area contributed by atoms with Crippen LogP contribution in [-0.2, 0) is 0 Å². The van der Waals surface area contributed by atoms with Gasteiger partial charge in [-0.2, -0.15) is 0 Å². The average molecular weight is 705 g/mol. The third-order valence-corrected chi connectivity index (χ3v) is 10.4. The second-order valence-electron chi connectivity index (χ2n) is 15.5. The van der Waals surface area contributed by atoms with Gasteiger partial charge in [0.15, 0.2) is 0 Å². The maximum absolute atomic E-state index is 13.7. The van der Waals surface area contributed by atoms with Crippen LogP contribution in [0.2, 0.25) is 0 Å². The Morgan fingerprint density at radius 2 is 1.08 bits per heavy atom.